The first-order chi connectivity index (χ1) is 17.3. The third-order valence-electron chi connectivity index (χ3n) is 6.56. The van der Waals surface area contributed by atoms with E-state index in [1.165, 1.54) is 11.8 Å². The van der Waals surface area contributed by atoms with Crippen molar-refractivity contribution in [1.29, 1.82) is 0 Å². The Labute approximate surface area is 208 Å². The van der Waals surface area contributed by atoms with Crippen molar-refractivity contribution in [2.75, 3.05) is 25.5 Å². The van der Waals surface area contributed by atoms with Gasteiger partial charge in [-0.25, -0.2) is 0 Å². The molecule has 2 aliphatic heterocycles. The number of likely N-dealkylation sites (tertiary alicyclic amines) is 1. The third-order valence-corrected chi connectivity index (χ3v) is 7.52. The summed E-state index contributed by atoms with van der Waals surface area (Å²) in [6.45, 7) is 1.89. The molecule has 2 aliphatic rings. The Balaban J connectivity index is 1.21. The van der Waals surface area contributed by atoms with Gasteiger partial charge in [0, 0.05) is 22.9 Å². The number of carbonyl (C=O) groups is 1. The van der Waals surface area contributed by atoms with Crippen LogP contribution in [-0.2, 0) is 4.79 Å². The van der Waals surface area contributed by atoms with Gasteiger partial charge in [0.1, 0.15) is 23.9 Å². The Hall–Kier alpha value is -3.58. The number of rotatable bonds is 5. The summed E-state index contributed by atoms with van der Waals surface area (Å²) in [5.41, 5.74) is 2.99. The molecule has 176 valence electrons. The Morgan fingerprint density at radius 3 is 2.54 bits per heavy atom. The minimum absolute atomic E-state index is 0.0576. The molecule has 6 nitrogen and oxygen atoms in total. The van der Waals surface area contributed by atoms with E-state index in [1.54, 1.807) is 0 Å². The normalized spacial score (nSPS) is 17.0. The van der Waals surface area contributed by atoms with Gasteiger partial charge < -0.3 is 14.4 Å². The Morgan fingerprint density at radius 1 is 0.914 bits per heavy atom. The van der Waals surface area contributed by atoms with E-state index in [2.05, 4.69) is 28.4 Å². The molecular formula is C28H25N3O3S. The second kappa shape index (κ2) is 9.58. The number of fused-ring (bicyclic) bond motifs is 2. The van der Waals surface area contributed by atoms with Crippen LogP contribution in [0.2, 0.25) is 0 Å². The summed E-state index contributed by atoms with van der Waals surface area (Å²) in [5.74, 6) is 1.98. The number of aromatic nitrogens is 2. The first-order valence-corrected chi connectivity index (χ1v) is 12.9. The number of hydrogen-bond acceptors (Lipinski definition) is 6. The van der Waals surface area contributed by atoms with Gasteiger partial charge in [0.05, 0.1) is 11.8 Å². The summed E-state index contributed by atoms with van der Waals surface area (Å²) in [4.78, 5) is 15.3. The van der Waals surface area contributed by atoms with Gasteiger partial charge in [-0.1, -0.05) is 72.4 Å². The van der Waals surface area contributed by atoms with Crippen molar-refractivity contribution in [3.05, 3.63) is 78.4 Å². The molecule has 0 spiro atoms. The molecule has 1 saturated heterocycles. The molecule has 0 radical (unpaired) electrons. The monoisotopic (exact) mass is 483 g/mol. The molecule has 3 aromatic carbocycles. The lowest BCUT2D eigenvalue weighted by Gasteiger charge is -2.26. The smallest absolute Gasteiger partial charge is 0.233 e. The van der Waals surface area contributed by atoms with Gasteiger partial charge in [-0.05, 0) is 30.5 Å². The summed E-state index contributed by atoms with van der Waals surface area (Å²) in [6, 6.07) is 24.3. The Morgan fingerprint density at radius 2 is 1.69 bits per heavy atom. The minimum atomic E-state index is 0.0576. The maximum atomic E-state index is 13.3. The molecule has 0 aliphatic carbocycles. The standard InChI is InChI=1S/C28H25N3O3S/c32-26(31-14-6-11-23(31)20-12-13-24-25(17-20)34-16-15-33-24)18-35-28-22-10-5-4-9-21(22)27(29-30-28)19-7-2-1-3-8-19/h1-5,7-10,12-13,17,23H,6,11,14-16,18H2/t23-/m1/s1. The Kier molecular flexibility index (Phi) is 6.00. The van der Waals surface area contributed by atoms with Gasteiger partial charge in [-0.2, -0.15) is 0 Å². The van der Waals surface area contributed by atoms with Crippen LogP contribution < -0.4 is 9.47 Å². The number of thioether (sulfide) groups is 1. The second-order valence-electron chi connectivity index (χ2n) is 8.70. The predicted molar refractivity (Wildman–Crippen MR) is 137 cm³/mol. The van der Waals surface area contributed by atoms with E-state index in [1.807, 2.05) is 59.5 Å². The molecule has 1 fully saturated rings. The van der Waals surface area contributed by atoms with E-state index in [4.69, 9.17) is 9.47 Å². The number of ether oxygens (including phenoxy) is 2. The fraction of sp³-hybridized carbons (Fsp3) is 0.250. The number of amides is 1. The molecule has 7 heteroatoms. The van der Waals surface area contributed by atoms with Crippen molar-refractivity contribution in [2.24, 2.45) is 0 Å². The van der Waals surface area contributed by atoms with Gasteiger partial charge in [0.15, 0.2) is 11.5 Å². The zero-order valence-electron chi connectivity index (χ0n) is 19.2. The highest BCUT2D eigenvalue weighted by molar-refractivity contribution is 8.00. The molecule has 0 bridgehead atoms. The number of carbonyl (C=O) groups excluding carboxylic acids is 1. The van der Waals surface area contributed by atoms with Gasteiger partial charge in [-0.15, -0.1) is 10.2 Å². The largest absolute Gasteiger partial charge is 0.486 e. The highest BCUT2D eigenvalue weighted by atomic mass is 32.2. The van der Waals surface area contributed by atoms with Crippen LogP contribution in [-0.4, -0.2) is 46.5 Å². The highest BCUT2D eigenvalue weighted by Crippen LogP contribution is 2.39. The third kappa shape index (κ3) is 4.32. The molecule has 0 N–H and O–H groups in total. The first-order valence-electron chi connectivity index (χ1n) is 11.9. The lowest BCUT2D eigenvalue weighted by Crippen LogP contribution is -2.32. The van der Waals surface area contributed by atoms with E-state index < -0.39 is 0 Å². The van der Waals surface area contributed by atoms with Crippen LogP contribution >= 0.6 is 11.8 Å². The summed E-state index contributed by atoms with van der Waals surface area (Å²) in [7, 11) is 0. The molecule has 1 atom stereocenters. The lowest BCUT2D eigenvalue weighted by molar-refractivity contribution is -0.129. The highest BCUT2D eigenvalue weighted by Gasteiger charge is 2.31. The van der Waals surface area contributed by atoms with Crippen molar-refractivity contribution in [3.63, 3.8) is 0 Å². The van der Waals surface area contributed by atoms with Crippen LogP contribution in [0.4, 0.5) is 0 Å². The Bertz CT molecular complexity index is 1380. The fourth-order valence-corrected chi connectivity index (χ4v) is 5.75. The molecular weight excluding hydrogens is 458 g/mol. The summed E-state index contributed by atoms with van der Waals surface area (Å²) < 4.78 is 11.4. The molecule has 6 rings (SSSR count). The van der Waals surface area contributed by atoms with Crippen LogP contribution in [0.5, 0.6) is 11.5 Å². The molecule has 35 heavy (non-hydrogen) atoms. The molecule has 1 amide bonds. The molecule has 1 aromatic heterocycles. The SMILES string of the molecule is O=C(CSc1nnc(-c2ccccc2)c2ccccc12)N1CCC[C@@H]1c1ccc2c(c1)OCCO2. The molecule has 3 heterocycles. The zero-order chi connectivity index (χ0) is 23.6. The lowest BCUT2D eigenvalue weighted by atomic mass is 10.0. The number of nitrogens with zero attached hydrogens (tertiary/aromatic N) is 3. The van der Waals surface area contributed by atoms with Crippen LogP contribution in [0.25, 0.3) is 22.0 Å². The summed E-state index contributed by atoms with van der Waals surface area (Å²) >= 11 is 1.46. The fourth-order valence-electron chi connectivity index (χ4n) is 4.89. The van der Waals surface area contributed by atoms with Gasteiger partial charge >= 0.3 is 0 Å². The number of hydrogen-bond donors (Lipinski definition) is 0. The van der Waals surface area contributed by atoms with E-state index in [0.717, 1.165) is 63.5 Å². The van der Waals surface area contributed by atoms with Crippen molar-refractivity contribution in [2.45, 2.75) is 23.9 Å². The van der Waals surface area contributed by atoms with Crippen molar-refractivity contribution >= 4 is 28.4 Å². The second-order valence-corrected chi connectivity index (χ2v) is 9.67. The summed E-state index contributed by atoms with van der Waals surface area (Å²) in [5, 5.41) is 11.9. The van der Waals surface area contributed by atoms with Crippen LogP contribution in [0.15, 0.2) is 77.8 Å². The van der Waals surface area contributed by atoms with Crippen molar-refractivity contribution < 1.29 is 14.3 Å². The first kappa shape index (κ1) is 21.9. The van der Waals surface area contributed by atoms with Gasteiger partial charge in [0.25, 0.3) is 0 Å². The zero-order valence-corrected chi connectivity index (χ0v) is 20.0. The van der Waals surface area contributed by atoms with E-state index in [9.17, 15) is 4.79 Å². The number of benzene rings is 3. The van der Waals surface area contributed by atoms with Crippen LogP contribution in [0.3, 0.4) is 0 Å². The predicted octanol–water partition coefficient (Wildman–Crippen LogP) is 5.52. The average Bonchev–Trinajstić information content (AvgIpc) is 3.42. The van der Waals surface area contributed by atoms with Crippen molar-refractivity contribution in [3.8, 4) is 22.8 Å². The topological polar surface area (TPSA) is 64.6 Å². The van der Waals surface area contributed by atoms with Crippen molar-refractivity contribution in [1.82, 2.24) is 15.1 Å². The van der Waals surface area contributed by atoms with E-state index in [-0.39, 0.29) is 11.9 Å². The molecule has 4 aromatic rings. The van der Waals surface area contributed by atoms with Gasteiger partial charge in [-0.3, -0.25) is 4.79 Å². The van der Waals surface area contributed by atoms with E-state index >= 15 is 0 Å². The minimum Gasteiger partial charge on any atom is -0.486 e. The maximum Gasteiger partial charge on any atom is 0.233 e. The van der Waals surface area contributed by atoms with Crippen LogP contribution in [0, 0.1) is 0 Å². The molecule has 0 saturated carbocycles. The van der Waals surface area contributed by atoms with Crippen LogP contribution in [0.1, 0.15) is 24.4 Å². The van der Waals surface area contributed by atoms with Gasteiger partial charge in [0.2, 0.25) is 5.91 Å². The molecule has 0 unspecified atom stereocenters. The van der Waals surface area contributed by atoms with E-state index in [0.29, 0.717) is 19.0 Å². The maximum absolute atomic E-state index is 13.3. The quantitative estimate of drug-likeness (QED) is 0.348. The summed E-state index contributed by atoms with van der Waals surface area (Å²) in [6.07, 6.45) is 1.94. The average molecular weight is 484 g/mol.